The van der Waals surface area contributed by atoms with Gasteiger partial charge in [0, 0.05) is 0 Å². The SMILES string of the molecule is [CH2]C(CS(=O)(=O)O)C(=O)O. The summed E-state index contributed by atoms with van der Waals surface area (Å²) in [6, 6.07) is 0. The minimum Gasteiger partial charge on any atom is -0.481 e. The minimum atomic E-state index is -4.21. The fourth-order valence-corrected chi connectivity index (χ4v) is 0.977. The Bertz CT molecular complexity index is 216. The molecule has 0 fully saturated rings. The van der Waals surface area contributed by atoms with Crippen LogP contribution in [0.3, 0.4) is 0 Å². The van der Waals surface area contributed by atoms with Gasteiger partial charge in [0.25, 0.3) is 10.1 Å². The average molecular weight is 167 g/mol. The van der Waals surface area contributed by atoms with Crippen molar-refractivity contribution in [3.63, 3.8) is 0 Å². The van der Waals surface area contributed by atoms with E-state index in [0.717, 1.165) is 0 Å². The Kier molecular flexibility index (Phi) is 2.79. The molecule has 0 aliphatic carbocycles. The van der Waals surface area contributed by atoms with Crippen molar-refractivity contribution >= 4 is 16.1 Å². The van der Waals surface area contributed by atoms with E-state index in [-0.39, 0.29) is 0 Å². The van der Waals surface area contributed by atoms with Crippen LogP contribution in [-0.4, -0.2) is 29.8 Å². The number of aliphatic carboxylic acids is 1. The molecule has 0 heterocycles. The van der Waals surface area contributed by atoms with E-state index >= 15 is 0 Å². The Hall–Kier alpha value is -0.620. The normalized spacial score (nSPS) is 14.6. The average Bonchev–Trinajstić information content (AvgIpc) is 1.60. The first-order valence-electron chi connectivity index (χ1n) is 2.34. The summed E-state index contributed by atoms with van der Waals surface area (Å²) >= 11 is 0. The summed E-state index contributed by atoms with van der Waals surface area (Å²) < 4.78 is 28.1. The van der Waals surface area contributed by atoms with E-state index in [1.54, 1.807) is 0 Å². The van der Waals surface area contributed by atoms with Crippen LogP contribution in [0.5, 0.6) is 0 Å². The smallest absolute Gasteiger partial charge is 0.307 e. The molecule has 0 aliphatic heterocycles. The first kappa shape index (κ1) is 9.38. The van der Waals surface area contributed by atoms with E-state index in [9.17, 15) is 13.2 Å². The fourth-order valence-electron chi connectivity index (χ4n) is 0.326. The maximum atomic E-state index is 10.00. The third kappa shape index (κ3) is 4.28. The molecule has 0 aromatic rings. The van der Waals surface area contributed by atoms with Gasteiger partial charge in [-0.3, -0.25) is 9.35 Å². The summed E-state index contributed by atoms with van der Waals surface area (Å²) in [5, 5.41) is 8.11. The van der Waals surface area contributed by atoms with Crippen molar-refractivity contribution in [2.24, 2.45) is 5.92 Å². The van der Waals surface area contributed by atoms with Crippen LogP contribution >= 0.6 is 0 Å². The maximum absolute atomic E-state index is 10.00. The van der Waals surface area contributed by atoms with Crippen molar-refractivity contribution in [2.45, 2.75) is 0 Å². The van der Waals surface area contributed by atoms with Crippen LogP contribution in [0.1, 0.15) is 0 Å². The lowest BCUT2D eigenvalue weighted by atomic mass is 10.2. The maximum Gasteiger partial charge on any atom is 0.307 e. The molecule has 10 heavy (non-hydrogen) atoms. The van der Waals surface area contributed by atoms with Gasteiger partial charge in [-0.2, -0.15) is 8.42 Å². The van der Waals surface area contributed by atoms with Gasteiger partial charge in [-0.05, 0) is 6.92 Å². The Morgan fingerprint density at radius 3 is 2.10 bits per heavy atom. The lowest BCUT2D eigenvalue weighted by Crippen LogP contribution is -2.20. The Labute approximate surface area is 58.4 Å². The number of carboxylic acid groups (broad SMARTS) is 1. The van der Waals surface area contributed by atoms with Crippen molar-refractivity contribution in [1.82, 2.24) is 0 Å². The molecule has 0 aromatic heterocycles. The van der Waals surface area contributed by atoms with Gasteiger partial charge in [0.1, 0.15) is 0 Å². The topological polar surface area (TPSA) is 91.7 Å². The monoisotopic (exact) mass is 167 g/mol. The van der Waals surface area contributed by atoms with E-state index in [1.165, 1.54) is 0 Å². The number of carbonyl (C=O) groups is 1. The second-order valence-electron chi connectivity index (χ2n) is 1.78. The highest BCUT2D eigenvalue weighted by Crippen LogP contribution is 1.97. The predicted molar refractivity (Wildman–Crippen MR) is 32.9 cm³/mol. The number of hydrogen-bond donors (Lipinski definition) is 2. The molecule has 0 amide bonds. The van der Waals surface area contributed by atoms with E-state index < -0.39 is 27.8 Å². The van der Waals surface area contributed by atoms with Gasteiger partial charge >= 0.3 is 5.97 Å². The van der Waals surface area contributed by atoms with Crippen molar-refractivity contribution < 1.29 is 22.9 Å². The summed E-state index contributed by atoms with van der Waals surface area (Å²) in [6.07, 6.45) is 0. The molecular formula is C4H7O5S. The summed E-state index contributed by atoms with van der Waals surface area (Å²) in [7, 11) is -4.21. The molecule has 0 saturated carbocycles. The molecule has 0 rings (SSSR count). The fraction of sp³-hybridized carbons (Fsp3) is 0.500. The van der Waals surface area contributed by atoms with E-state index in [1.807, 2.05) is 0 Å². The van der Waals surface area contributed by atoms with Crippen molar-refractivity contribution in [1.29, 1.82) is 0 Å². The molecule has 0 saturated heterocycles. The van der Waals surface area contributed by atoms with Crippen molar-refractivity contribution in [3.05, 3.63) is 6.92 Å². The predicted octanol–water partition coefficient (Wildman–Crippen LogP) is -0.591. The van der Waals surface area contributed by atoms with E-state index in [4.69, 9.17) is 9.66 Å². The molecule has 6 heteroatoms. The molecule has 1 unspecified atom stereocenters. The highest BCUT2D eigenvalue weighted by Gasteiger charge is 2.18. The van der Waals surface area contributed by atoms with Crippen molar-refractivity contribution in [2.75, 3.05) is 5.75 Å². The van der Waals surface area contributed by atoms with Crippen LogP contribution in [-0.2, 0) is 14.9 Å². The second kappa shape index (κ2) is 2.98. The molecular weight excluding hydrogens is 160 g/mol. The summed E-state index contributed by atoms with van der Waals surface area (Å²) in [5.41, 5.74) is 0. The molecule has 1 radical (unpaired) electrons. The largest absolute Gasteiger partial charge is 0.481 e. The van der Waals surface area contributed by atoms with Gasteiger partial charge in [-0.25, -0.2) is 0 Å². The summed E-state index contributed by atoms with van der Waals surface area (Å²) in [4.78, 5) is 9.94. The molecule has 0 spiro atoms. The van der Waals surface area contributed by atoms with Crippen LogP contribution in [0.2, 0.25) is 0 Å². The highest BCUT2D eigenvalue weighted by molar-refractivity contribution is 7.85. The lowest BCUT2D eigenvalue weighted by Gasteiger charge is -2.00. The van der Waals surface area contributed by atoms with Crippen LogP contribution in [0.15, 0.2) is 0 Å². The molecule has 2 N–H and O–H groups in total. The van der Waals surface area contributed by atoms with Gasteiger partial charge in [0.05, 0.1) is 11.7 Å². The zero-order chi connectivity index (χ0) is 8.36. The Morgan fingerprint density at radius 1 is 1.60 bits per heavy atom. The first-order chi connectivity index (χ1) is 4.33. The lowest BCUT2D eigenvalue weighted by molar-refractivity contribution is -0.139. The van der Waals surface area contributed by atoms with Gasteiger partial charge in [0.15, 0.2) is 0 Å². The molecule has 5 nitrogen and oxygen atoms in total. The number of hydrogen-bond acceptors (Lipinski definition) is 3. The second-order valence-corrected chi connectivity index (χ2v) is 3.28. The zero-order valence-electron chi connectivity index (χ0n) is 5.02. The molecule has 59 valence electrons. The quantitative estimate of drug-likeness (QED) is 0.548. The van der Waals surface area contributed by atoms with Crippen LogP contribution in [0.25, 0.3) is 0 Å². The molecule has 1 atom stereocenters. The molecule has 0 aromatic carbocycles. The summed E-state index contributed by atoms with van der Waals surface area (Å²) in [5.74, 6) is -3.50. The van der Waals surface area contributed by atoms with Gasteiger partial charge < -0.3 is 5.11 Å². The van der Waals surface area contributed by atoms with Gasteiger partial charge in [0.2, 0.25) is 0 Å². The van der Waals surface area contributed by atoms with Crippen LogP contribution in [0, 0.1) is 12.8 Å². The number of rotatable bonds is 3. The van der Waals surface area contributed by atoms with Gasteiger partial charge in [-0.15, -0.1) is 0 Å². The van der Waals surface area contributed by atoms with Crippen LogP contribution in [0.4, 0.5) is 0 Å². The Balaban J connectivity index is 4.06. The van der Waals surface area contributed by atoms with Crippen LogP contribution < -0.4 is 0 Å². The van der Waals surface area contributed by atoms with Crippen molar-refractivity contribution in [3.8, 4) is 0 Å². The third-order valence-electron chi connectivity index (χ3n) is 0.761. The molecule has 0 bridgehead atoms. The van der Waals surface area contributed by atoms with E-state index in [2.05, 4.69) is 6.92 Å². The zero-order valence-corrected chi connectivity index (χ0v) is 5.84. The highest BCUT2D eigenvalue weighted by atomic mass is 32.2. The van der Waals surface area contributed by atoms with Gasteiger partial charge in [-0.1, -0.05) is 0 Å². The summed E-state index contributed by atoms with van der Waals surface area (Å²) in [6.45, 7) is 2.98. The minimum absolute atomic E-state index is 0.845. The molecule has 0 aliphatic rings. The first-order valence-corrected chi connectivity index (χ1v) is 3.95. The Morgan fingerprint density at radius 2 is 2.00 bits per heavy atom. The van der Waals surface area contributed by atoms with E-state index in [0.29, 0.717) is 0 Å². The standard InChI is InChI=1S/C4H7O5S/c1-3(4(5)6)2-10(7,8)9/h3H,1-2H2,(H,5,6)(H,7,8,9). The third-order valence-corrected chi connectivity index (χ3v) is 1.58. The number of carboxylic acids is 1.